The van der Waals surface area contributed by atoms with Crippen LogP contribution in [0.25, 0.3) is 0 Å². The first-order valence-corrected chi connectivity index (χ1v) is 6.39. The molecular weight excluding hydrogens is 196 g/mol. The number of nitrogens with one attached hydrogen (secondary N) is 1. The van der Waals surface area contributed by atoms with Crippen LogP contribution in [0.15, 0.2) is 24.3 Å². The first kappa shape index (κ1) is 11.3. The molecule has 16 heavy (non-hydrogen) atoms. The molecule has 1 unspecified atom stereocenters. The highest BCUT2D eigenvalue weighted by Crippen LogP contribution is 2.33. The number of para-hydroxylation sites is 2. The monoisotopic (exact) mass is 218 g/mol. The van der Waals surface area contributed by atoms with Crippen LogP contribution >= 0.6 is 0 Å². The minimum atomic E-state index is 0.583. The summed E-state index contributed by atoms with van der Waals surface area (Å²) in [5.74, 6) is 0. The highest BCUT2D eigenvalue weighted by molar-refractivity contribution is 5.73. The van der Waals surface area contributed by atoms with E-state index < -0.39 is 0 Å². The van der Waals surface area contributed by atoms with Crippen molar-refractivity contribution >= 4 is 11.4 Å². The molecule has 0 amide bonds. The van der Waals surface area contributed by atoms with E-state index in [4.69, 9.17) is 0 Å². The normalized spacial score (nSPS) is 19.5. The lowest BCUT2D eigenvalue weighted by Gasteiger charge is -2.42. The second-order valence-corrected chi connectivity index (χ2v) is 4.62. The van der Waals surface area contributed by atoms with Gasteiger partial charge in [0.2, 0.25) is 0 Å². The van der Waals surface area contributed by atoms with Gasteiger partial charge in [0.25, 0.3) is 0 Å². The summed E-state index contributed by atoms with van der Waals surface area (Å²) in [5.41, 5.74) is 2.66. The van der Waals surface area contributed by atoms with Crippen molar-refractivity contribution in [3.05, 3.63) is 24.3 Å². The second-order valence-electron chi connectivity index (χ2n) is 4.62. The number of nitrogens with zero attached hydrogens (tertiary/aromatic N) is 1. The fraction of sp³-hybridized carbons (Fsp3) is 0.571. The molecule has 1 aromatic rings. The van der Waals surface area contributed by atoms with Gasteiger partial charge in [-0.1, -0.05) is 26.0 Å². The number of benzene rings is 1. The Hall–Kier alpha value is -1.18. The topological polar surface area (TPSA) is 15.3 Å². The van der Waals surface area contributed by atoms with Crippen molar-refractivity contribution in [2.75, 3.05) is 16.8 Å². The van der Waals surface area contributed by atoms with Crippen LogP contribution in [0, 0.1) is 0 Å². The van der Waals surface area contributed by atoms with E-state index in [1.54, 1.807) is 0 Å². The van der Waals surface area contributed by atoms with Crippen LogP contribution in [0.2, 0.25) is 0 Å². The van der Waals surface area contributed by atoms with E-state index in [0.29, 0.717) is 12.1 Å². The maximum Gasteiger partial charge on any atom is 0.0607 e. The Morgan fingerprint density at radius 2 is 2.00 bits per heavy atom. The third-order valence-electron chi connectivity index (χ3n) is 3.58. The van der Waals surface area contributed by atoms with Crippen LogP contribution in [0.3, 0.4) is 0 Å². The Labute approximate surface area is 98.7 Å². The number of anilines is 2. The van der Waals surface area contributed by atoms with E-state index in [2.05, 4.69) is 55.3 Å². The minimum Gasteiger partial charge on any atom is -0.381 e. The van der Waals surface area contributed by atoms with Gasteiger partial charge in [0.1, 0.15) is 0 Å². The average molecular weight is 218 g/mol. The Bertz CT molecular complexity index is 344. The molecular formula is C14H22N2. The van der Waals surface area contributed by atoms with Crippen molar-refractivity contribution in [2.45, 2.75) is 45.7 Å². The summed E-state index contributed by atoms with van der Waals surface area (Å²) in [5, 5.41) is 3.50. The average Bonchev–Trinajstić information content (AvgIpc) is 2.33. The molecule has 0 radical (unpaired) electrons. The van der Waals surface area contributed by atoms with Crippen molar-refractivity contribution < 1.29 is 0 Å². The lowest BCUT2D eigenvalue weighted by atomic mass is 10.0. The van der Waals surface area contributed by atoms with Gasteiger partial charge >= 0.3 is 0 Å². The summed E-state index contributed by atoms with van der Waals surface area (Å²) in [6.07, 6.45) is 2.43. The van der Waals surface area contributed by atoms with Crippen molar-refractivity contribution in [1.82, 2.24) is 0 Å². The molecule has 1 aliphatic rings. The number of fused-ring (bicyclic) bond motifs is 1. The maximum absolute atomic E-state index is 3.50. The number of rotatable bonds is 3. The minimum absolute atomic E-state index is 0.583. The summed E-state index contributed by atoms with van der Waals surface area (Å²) < 4.78 is 0. The van der Waals surface area contributed by atoms with E-state index in [1.807, 2.05) is 0 Å². The molecule has 0 saturated carbocycles. The van der Waals surface area contributed by atoms with E-state index in [1.165, 1.54) is 24.2 Å². The molecule has 88 valence electrons. The zero-order chi connectivity index (χ0) is 11.5. The third-order valence-corrected chi connectivity index (χ3v) is 3.58. The van der Waals surface area contributed by atoms with Crippen LogP contribution in [0.1, 0.15) is 33.6 Å². The van der Waals surface area contributed by atoms with Gasteiger partial charge in [0.15, 0.2) is 0 Å². The van der Waals surface area contributed by atoms with Gasteiger partial charge in [0, 0.05) is 18.6 Å². The zero-order valence-corrected chi connectivity index (χ0v) is 10.5. The van der Waals surface area contributed by atoms with Gasteiger partial charge < -0.3 is 10.2 Å². The predicted molar refractivity (Wildman–Crippen MR) is 71.2 cm³/mol. The summed E-state index contributed by atoms with van der Waals surface area (Å²) in [6.45, 7) is 7.92. The summed E-state index contributed by atoms with van der Waals surface area (Å²) in [4.78, 5) is 2.59. The molecule has 0 saturated heterocycles. The molecule has 1 N–H and O–H groups in total. The Morgan fingerprint density at radius 3 is 2.69 bits per heavy atom. The van der Waals surface area contributed by atoms with E-state index in [9.17, 15) is 0 Å². The Balaban J connectivity index is 2.36. The molecule has 0 spiro atoms. The van der Waals surface area contributed by atoms with Crippen LogP contribution in [0.5, 0.6) is 0 Å². The van der Waals surface area contributed by atoms with Gasteiger partial charge in [0.05, 0.1) is 11.4 Å². The largest absolute Gasteiger partial charge is 0.381 e. The lowest BCUT2D eigenvalue weighted by molar-refractivity contribution is 0.501. The van der Waals surface area contributed by atoms with E-state index in [-0.39, 0.29) is 0 Å². The molecule has 1 heterocycles. The van der Waals surface area contributed by atoms with Crippen LogP contribution in [-0.2, 0) is 0 Å². The fourth-order valence-corrected chi connectivity index (χ4v) is 2.68. The van der Waals surface area contributed by atoms with Gasteiger partial charge in [-0.3, -0.25) is 0 Å². The molecule has 0 fully saturated rings. The van der Waals surface area contributed by atoms with E-state index in [0.717, 1.165) is 6.54 Å². The highest BCUT2D eigenvalue weighted by Gasteiger charge is 2.26. The first-order valence-electron chi connectivity index (χ1n) is 6.39. The molecule has 0 aliphatic carbocycles. The van der Waals surface area contributed by atoms with Crippen molar-refractivity contribution in [3.63, 3.8) is 0 Å². The van der Waals surface area contributed by atoms with Gasteiger partial charge in [-0.2, -0.15) is 0 Å². The van der Waals surface area contributed by atoms with Gasteiger partial charge in [-0.15, -0.1) is 0 Å². The van der Waals surface area contributed by atoms with Crippen molar-refractivity contribution in [1.29, 1.82) is 0 Å². The maximum atomic E-state index is 3.50. The SMILES string of the molecule is CCC(CC)N1c2ccccc2NCC1C. The molecule has 0 bridgehead atoms. The molecule has 2 rings (SSSR count). The Kier molecular flexibility index (Phi) is 3.37. The smallest absolute Gasteiger partial charge is 0.0607 e. The zero-order valence-electron chi connectivity index (χ0n) is 10.5. The van der Waals surface area contributed by atoms with Crippen molar-refractivity contribution in [2.24, 2.45) is 0 Å². The Morgan fingerprint density at radius 1 is 1.31 bits per heavy atom. The first-order chi connectivity index (χ1) is 7.77. The molecule has 1 atom stereocenters. The van der Waals surface area contributed by atoms with Crippen LogP contribution in [-0.4, -0.2) is 18.6 Å². The lowest BCUT2D eigenvalue weighted by Crippen LogP contribution is -2.47. The van der Waals surface area contributed by atoms with E-state index >= 15 is 0 Å². The number of hydrogen-bond acceptors (Lipinski definition) is 2. The third kappa shape index (κ3) is 1.89. The second kappa shape index (κ2) is 4.77. The number of hydrogen-bond donors (Lipinski definition) is 1. The quantitative estimate of drug-likeness (QED) is 0.835. The summed E-state index contributed by atoms with van der Waals surface area (Å²) in [7, 11) is 0. The highest BCUT2D eigenvalue weighted by atomic mass is 15.2. The molecule has 2 heteroatoms. The fourth-order valence-electron chi connectivity index (χ4n) is 2.68. The standard InChI is InChI=1S/C14H22N2/c1-4-12(5-2)16-11(3)10-15-13-8-6-7-9-14(13)16/h6-9,11-12,15H,4-5,10H2,1-3H3. The van der Waals surface area contributed by atoms with Crippen LogP contribution in [0.4, 0.5) is 11.4 Å². The van der Waals surface area contributed by atoms with Crippen LogP contribution < -0.4 is 10.2 Å². The molecule has 1 aliphatic heterocycles. The molecule has 1 aromatic carbocycles. The summed E-state index contributed by atoms with van der Waals surface area (Å²) in [6, 6.07) is 9.89. The molecule has 0 aromatic heterocycles. The van der Waals surface area contributed by atoms with Crippen molar-refractivity contribution in [3.8, 4) is 0 Å². The predicted octanol–water partition coefficient (Wildman–Crippen LogP) is 3.50. The summed E-state index contributed by atoms with van der Waals surface area (Å²) >= 11 is 0. The van der Waals surface area contributed by atoms with Gasteiger partial charge in [-0.05, 0) is 31.9 Å². The van der Waals surface area contributed by atoms with Gasteiger partial charge in [-0.25, -0.2) is 0 Å². The molecule has 2 nitrogen and oxygen atoms in total.